The molecule has 2 saturated heterocycles. The zero-order valence-electron chi connectivity index (χ0n) is 12.4. The van der Waals surface area contributed by atoms with Crippen LogP contribution in [0.25, 0.3) is 0 Å². The zero-order valence-corrected chi connectivity index (χ0v) is 12.4. The van der Waals surface area contributed by atoms with Crippen LogP contribution in [0.15, 0.2) is 18.2 Å². The van der Waals surface area contributed by atoms with E-state index in [4.69, 9.17) is 15.2 Å². The van der Waals surface area contributed by atoms with Gasteiger partial charge >= 0.3 is 6.18 Å². The van der Waals surface area contributed by atoms with Gasteiger partial charge in [0, 0.05) is 18.8 Å². The van der Waals surface area contributed by atoms with Gasteiger partial charge < -0.3 is 15.2 Å². The highest BCUT2D eigenvalue weighted by atomic mass is 19.4. The summed E-state index contributed by atoms with van der Waals surface area (Å²) in [5, 5.41) is 0. The second-order valence-electron chi connectivity index (χ2n) is 5.90. The van der Waals surface area contributed by atoms with Crippen molar-refractivity contribution >= 4 is 5.69 Å². The lowest BCUT2D eigenvalue weighted by atomic mass is 10.0. The molecule has 0 radical (unpaired) electrons. The molecule has 3 rings (SSSR count). The minimum Gasteiger partial charge on any atom is -0.487 e. The second-order valence-corrected chi connectivity index (χ2v) is 5.90. The van der Waals surface area contributed by atoms with Gasteiger partial charge in [0.25, 0.3) is 0 Å². The largest absolute Gasteiger partial charge is 0.487 e. The van der Waals surface area contributed by atoms with Crippen LogP contribution in [0, 0.1) is 0 Å². The second kappa shape index (κ2) is 6.16. The van der Waals surface area contributed by atoms with Gasteiger partial charge in [-0.15, -0.1) is 0 Å². The monoisotopic (exact) mass is 334 g/mol. The van der Waals surface area contributed by atoms with E-state index in [1.54, 1.807) is 0 Å². The third kappa shape index (κ3) is 3.53. The van der Waals surface area contributed by atoms with Crippen molar-refractivity contribution in [2.24, 2.45) is 0 Å². The Labute approximate surface area is 131 Å². The Hall–Kier alpha value is -1.54. The normalized spacial score (nSPS) is 26.8. The minimum atomic E-state index is -4.60. The van der Waals surface area contributed by atoms with Crippen LogP contribution in [0.2, 0.25) is 0 Å². The van der Waals surface area contributed by atoms with Gasteiger partial charge in [-0.3, -0.25) is 4.90 Å². The van der Waals surface area contributed by atoms with Crippen molar-refractivity contribution < 1.29 is 27.0 Å². The summed E-state index contributed by atoms with van der Waals surface area (Å²) in [5.74, 6) is -0.375. The average Bonchev–Trinajstić information content (AvgIpc) is 2.40. The fourth-order valence-electron chi connectivity index (χ4n) is 2.84. The van der Waals surface area contributed by atoms with Crippen LogP contribution in [0.1, 0.15) is 12.0 Å². The Morgan fingerprint density at radius 3 is 2.57 bits per heavy atom. The molecule has 2 aliphatic heterocycles. The lowest BCUT2D eigenvalue weighted by molar-refractivity contribution is -0.140. The Bertz CT molecular complexity index is 563. The maximum absolute atomic E-state index is 14.3. The van der Waals surface area contributed by atoms with Gasteiger partial charge in [-0.2, -0.15) is 13.2 Å². The molecule has 23 heavy (non-hydrogen) atoms. The lowest BCUT2D eigenvalue weighted by Gasteiger charge is -2.42. The van der Waals surface area contributed by atoms with Crippen molar-refractivity contribution in [3.63, 3.8) is 0 Å². The number of nitrogen functional groups attached to an aromatic ring is 1. The number of alkyl halides is 4. The predicted molar refractivity (Wildman–Crippen MR) is 76.0 cm³/mol. The molecule has 2 heterocycles. The molecular formula is C15H18F4N2O2. The van der Waals surface area contributed by atoms with Gasteiger partial charge in [0.05, 0.1) is 24.8 Å². The Kier molecular flexibility index (Phi) is 4.37. The summed E-state index contributed by atoms with van der Waals surface area (Å²) in [6, 6.07) is 3.48. The molecule has 128 valence electrons. The molecule has 0 aliphatic carbocycles. The van der Waals surface area contributed by atoms with E-state index in [1.807, 2.05) is 4.90 Å². The highest BCUT2D eigenvalue weighted by Crippen LogP contribution is 2.38. The van der Waals surface area contributed by atoms with E-state index < -0.39 is 24.0 Å². The maximum Gasteiger partial charge on any atom is 0.420 e. The molecule has 0 aromatic heterocycles. The number of ether oxygens (including phenoxy) is 2. The van der Waals surface area contributed by atoms with Crippen LogP contribution in [0.4, 0.5) is 23.2 Å². The van der Waals surface area contributed by atoms with E-state index in [1.165, 1.54) is 6.07 Å². The molecule has 1 unspecified atom stereocenters. The highest BCUT2D eigenvalue weighted by molar-refractivity contribution is 5.49. The smallest absolute Gasteiger partial charge is 0.420 e. The van der Waals surface area contributed by atoms with Gasteiger partial charge in [0.2, 0.25) is 0 Å². The van der Waals surface area contributed by atoms with Gasteiger partial charge in [-0.1, -0.05) is 0 Å². The summed E-state index contributed by atoms with van der Waals surface area (Å²) in [6.45, 7) is 1.88. The lowest BCUT2D eigenvalue weighted by Crippen LogP contribution is -2.56. The van der Waals surface area contributed by atoms with Crippen LogP contribution in [-0.4, -0.2) is 49.5 Å². The van der Waals surface area contributed by atoms with Crippen LogP contribution in [-0.2, 0) is 10.9 Å². The molecule has 0 spiro atoms. The number of benzene rings is 1. The molecule has 0 saturated carbocycles. The molecule has 0 bridgehead atoms. The quantitative estimate of drug-likeness (QED) is 0.681. The van der Waals surface area contributed by atoms with Crippen molar-refractivity contribution in [3.8, 4) is 5.75 Å². The van der Waals surface area contributed by atoms with Crippen molar-refractivity contribution in [1.82, 2.24) is 4.90 Å². The fraction of sp³-hybridized carbons (Fsp3) is 0.600. The first-order chi connectivity index (χ1) is 10.8. The molecular weight excluding hydrogens is 316 g/mol. The molecule has 2 fully saturated rings. The first kappa shape index (κ1) is 16.3. The van der Waals surface area contributed by atoms with Crippen LogP contribution in [0.3, 0.4) is 0 Å². The third-order valence-electron chi connectivity index (χ3n) is 4.24. The minimum absolute atomic E-state index is 0.0127. The van der Waals surface area contributed by atoms with E-state index >= 15 is 0 Å². The Morgan fingerprint density at radius 2 is 2.00 bits per heavy atom. The molecule has 1 aromatic rings. The Morgan fingerprint density at radius 1 is 1.26 bits per heavy atom. The number of anilines is 1. The molecule has 1 aromatic carbocycles. The molecule has 2 aliphatic rings. The van der Waals surface area contributed by atoms with Crippen molar-refractivity contribution in [2.75, 3.05) is 32.0 Å². The van der Waals surface area contributed by atoms with Crippen LogP contribution >= 0.6 is 0 Å². The summed E-state index contributed by atoms with van der Waals surface area (Å²) in [5.41, 5.74) is 4.42. The van der Waals surface area contributed by atoms with E-state index in [-0.39, 0.29) is 24.0 Å². The molecule has 4 nitrogen and oxygen atoms in total. The number of likely N-dealkylation sites (tertiary alicyclic amines) is 1. The summed E-state index contributed by atoms with van der Waals surface area (Å²) >= 11 is 0. The van der Waals surface area contributed by atoms with Crippen molar-refractivity contribution in [3.05, 3.63) is 23.8 Å². The molecule has 2 atom stereocenters. The average molecular weight is 334 g/mol. The van der Waals surface area contributed by atoms with Crippen molar-refractivity contribution in [1.29, 1.82) is 0 Å². The maximum atomic E-state index is 14.3. The number of hydrogen-bond donors (Lipinski definition) is 1. The van der Waals surface area contributed by atoms with Gasteiger partial charge in [-0.25, -0.2) is 4.39 Å². The number of nitrogens with zero attached hydrogens (tertiary/aromatic N) is 1. The first-order valence-corrected chi connectivity index (χ1v) is 7.44. The van der Waals surface area contributed by atoms with Gasteiger partial charge in [0.15, 0.2) is 0 Å². The SMILES string of the molecule is Nc1ccc(OC2CCN(C3COC3)C[C@H]2F)c(C(F)(F)F)c1. The number of rotatable bonds is 3. The molecule has 8 heteroatoms. The van der Waals surface area contributed by atoms with E-state index in [0.29, 0.717) is 26.2 Å². The summed E-state index contributed by atoms with van der Waals surface area (Å²) in [6.07, 6.45) is -6.50. The van der Waals surface area contributed by atoms with E-state index in [2.05, 4.69) is 0 Å². The zero-order chi connectivity index (χ0) is 16.6. The predicted octanol–water partition coefficient (Wildman–Crippen LogP) is 2.48. The topological polar surface area (TPSA) is 47.7 Å². The summed E-state index contributed by atoms with van der Waals surface area (Å²) in [4.78, 5) is 1.96. The highest BCUT2D eigenvalue weighted by Gasteiger charge is 2.39. The van der Waals surface area contributed by atoms with E-state index in [0.717, 1.165) is 12.1 Å². The van der Waals surface area contributed by atoms with Gasteiger partial charge in [0.1, 0.15) is 18.0 Å². The fourth-order valence-corrected chi connectivity index (χ4v) is 2.84. The number of halogens is 4. The van der Waals surface area contributed by atoms with Crippen LogP contribution < -0.4 is 10.5 Å². The Balaban J connectivity index is 1.70. The van der Waals surface area contributed by atoms with E-state index in [9.17, 15) is 17.6 Å². The summed E-state index contributed by atoms with van der Waals surface area (Å²) in [7, 11) is 0. The number of hydrogen-bond acceptors (Lipinski definition) is 4. The number of piperidine rings is 1. The first-order valence-electron chi connectivity index (χ1n) is 7.44. The summed E-state index contributed by atoms with van der Waals surface area (Å²) < 4.78 is 63.9. The number of nitrogens with two attached hydrogens (primary N) is 1. The molecule has 2 N–H and O–H groups in total. The molecule has 0 amide bonds. The van der Waals surface area contributed by atoms with Gasteiger partial charge in [-0.05, 0) is 24.6 Å². The van der Waals surface area contributed by atoms with Crippen molar-refractivity contribution in [2.45, 2.75) is 30.9 Å². The van der Waals surface area contributed by atoms with Crippen LogP contribution in [0.5, 0.6) is 5.75 Å². The third-order valence-corrected chi connectivity index (χ3v) is 4.24. The standard InChI is InChI=1S/C15H18F4N2O2/c16-12-6-21(10-7-22-8-10)4-3-14(12)23-13-2-1-9(20)5-11(13)15(17,18)19/h1-2,5,10,12,14H,3-4,6-8,20H2/t12-,14?/m1/s1.